The minimum atomic E-state index is -0.259. The van der Waals surface area contributed by atoms with E-state index in [1.165, 1.54) is 14.2 Å². The first-order valence-electron chi connectivity index (χ1n) is 9.19. The zero-order valence-corrected chi connectivity index (χ0v) is 16.0. The van der Waals surface area contributed by atoms with Gasteiger partial charge in [0, 0.05) is 24.1 Å². The fraction of sp³-hybridized carbons (Fsp3) is 0.273. The van der Waals surface area contributed by atoms with Crippen molar-refractivity contribution in [3.05, 3.63) is 60.2 Å². The van der Waals surface area contributed by atoms with Gasteiger partial charge in [-0.25, -0.2) is 0 Å². The molecule has 2 aromatic rings. The Hall–Kier alpha value is -3.28. The Kier molecular flexibility index (Phi) is 6.32. The van der Waals surface area contributed by atoms with Crippen LogP contribution in [0, 0.1) is 5.92 Å². The summed E-state index contributed by atoms with van der Waals surface area (Å²) in [7, 11) is 3.02. The second kappa shape index (κ2) is 9.08. The molecule has 1 aliphatic carbocycles. The number of amides is 2. The quantitative estimate of drug-likeness (QED) is 0.704. The average molecular weight is 380 g/mol. The molecule has 0 spiro atoms. The van der Waals surface area contributed by atoms with Crippen LogP contribution in [0.3, 0.4) is 0 Å². The molecule has 0 saturated carbocycles. The fourth-order valence-corrected chi connectivity index (χ4v) is 3.18. The van der Waals surface area contributed by atoms with Gasteiger partial charge in [-0.05, 0) is 30.9 Å². The van der Waals surface area contributed by atoms with Gasteiger partial charge in [0.25, 0.3) is 5.91 Å². The molecule has 2 aromatic carbocycles. The van der Waals surface area contributed by atoms with Crippen LogP contribution in [0.2, 0.25) is 0 Å². The van der Waals surface area contributed by atoms with Gasteiger partial charge in [-0.1, -0.05) is 30.4 Å². The molecule has 0 aromatic heterocycles. The number of carbonyl (C=O) groups excluding carboxylic acids is 2. The largest absolute Gasteiger partial charge is 0.494 e. The molecule has 1 aliphatic rings. The lowest BCUT2D eigenvalue weighted by Gasteiger charge is -2.17. The smallest absolute Gasteiger partial charge is 0.255 e. The van der Waals surface area contributed by atoms with E-state index in [1.54, 1.807) is 36.4 Å². The first-order chi connectivity index (χ1) is 13.6. The molecule has 6 heteroatoms. The van der Waals surface area contributed by atoms with Crippen molar-refractivity contribution >= 4 is 23.2 Å². The van der Waals surface area contributed by atoms with E-state index in [2.05, 4.69) is 22.8 Å². The summed E-state index contributed by atoms with van der Waals surface area (Å²) < 4.78 is 10.8. The van der Waals surface area contributed by atoms with Crippen molar-refractivity contribution in [3.63, 3.8) is 0 Å². The third kappa shape index (κ3) is 4.71. The SMILES string of the molecule is COc1cc(NC(=O)c2ccccc2)c(OC)cc1NC(=O)C[C@H]1C=CCC1. The van der Waals surface area contributed by atoms with Crippen LogP contribution in [0.1, 0.15) is 29.6 Å². The Morgan fingerprint density at radius 2 is 1.64 bits per heavy atom. The molecule has 1 atom stereocenters. The van der Waals surface area contributed by atoms with Crippen molar-refractivity contribution in [2.75, 3.05) is 24.9 Å². The Bertz CT molecular complexity index is 878. The summed E-state index contributed by atoms with van der Waals surface area (Å²) in [5, 5.41) is 5.71. The zero-order valence-electron chi connectivity index (χ0n) is 16.0. The molecule has 0 unspecified atom stereocenters. The highest BCUT2D eigenvalue weighted by atomic mass is 16.5. The molecule has 2 amide bonds. The monoisotopic (exact) mass is 380 g/mol. The number of anilines is 2. The Labute approximate surface area is 164 Å². The number of methoxy groups -OCH3 is 2. The van der Waals surface area contributed by atoms with Gasteiger partial charge in [-0.2, -0.15) is 0 Å². The standard InChI is InChI=1S/C22H24N2O4/c1-27-19-14-18(24-22(26)16-10-4-3-5-11-16)20(28-2)13-17(19)23-21(25)12-15-8-6-7-9-15/h3-6,8,10-11,13-15H,7,9,12H2,1-2H3,(H,23,25)(H,24,26)/t15-/m0/s1. The first kappa shape index (κ1) is 19.5. The van der Waals surface area contributed by atoms with Crippen LogP contribution >= 0.6 is 0 Å². The van der Waals surface area contributed by atoms with Crippen molar-refractivity contribution in [1.82, 2.24) is 0 Å². The average Bonchev–Trinajstić information content (AvgIpc) is 3.22. The number of allylic oxidation sites excluding steroid dienone is 2. The molecule has 0 radical (unpaired) electrons. The number of ether oxygens (including phenoxy) is 2. The predicted octanol–water partition coefficient (Wildman–Crippen LogP) is 4.25. The Balaban J connectivity index is 1.78. The molecule has 0 fully saturated rings. The van der Waals surface area contributed by atoms with Crippen LogP contribution in [0.25, 0.3) is 0 Å². The second-order valence-electron chi connectivity index (χ2n) is 6.59. The number of hydrogen-bond donors (Lipinski definition) is 2. The zero-order chi connectivity index (χ0) is 19.9. The van der Waals surface area contributed by atoms with Crippen molar-refractivity contribution in [2.24, 2.45) is 5.92 Å². The van der Waals surface area contributed by atoms with Gasteiger partial charge in [0.1, 0.15) is 11.5 Å². The Morgan fingerprint density at radius 1 is 1.00 bits per heavy atom. The van der Waals surface area contributed by atoms with Gasteiger partial charge < -0.3 is 20.1 Å². The van der Waals surface area contributed by atoms with Gasteiger partial charge in [-0.3, -0.25) is 9.59 Å². The molecule has 0 heterocycles. The maximum absolute atomic E-state index is 12.5. The lowest BCUT2D eigenvalue weighted by Crippen LogP contribution is -2.16. The van der Waals surface area contributed by atoms with Gasteiger partial charge in [0.2, 0.25) is 5.91 Å². The van der Waals surface area contributed by atoms with Crippen LogP contribution in [0.4, 0.5) is 11.4 Å². The summed E-state index contributed by atoms with van der Waals surface area (Å²) in [6, 6.07) is 12.2. The van der Waals surface area contributed by atoms with Crippen molar-refractivity contribution in [2.45, 2.75) is 19.3 Å². The number of nitrogens with one attached hydrogen (secondary N) is 2. The molecular weight excluding hydrogens is 356 g/mol. The van der Waals surface area contributed by atoms with Gasteiger partial charge in [0.05, 0.1) is 25.6 Å². The minimum Gasteiger partial charge on any atom is -0.494 e. The molecule has 6 nitrogen and oxygen atoms in total. The molecule has 3 rings (SSSR count). The van der Waals surface area contributed by atoms with E-state index >= 15 is 0 Å². The topological polar surface area (TPSA) is 76.7 Å². The summed E-state index contributed by atoms with van der Waals surface area (Å²) in [6.45, 7) is 0. The van der Waals surface area contributed by atoms with E-state index < -0.39 is 0 Å². The number of benzene rings is 2. The highest BCUT2D eigenvalue weighted by molar-refractivity contribution is 6.05. The van der Waals surface area contributed by atoms with E-state index in [0.717, 1.165) is 12.8 Å². The molecule has 2 N–H and O–H groups in total. The summed E-state index contributed by atoms with van der Waals surface area (Å²) in [5.74, 6) is 0.807. The van der Waals surface area contributed by atoms with E-state index in [1.807, 2.05) is 6.07 Å². The van der Waals surface area contributed by atoms with E-state index in [9.17, 15) is 9.59 Å². The second-order valence-corrected chi connectivity index (χ2v) is 6.59. The van der Waals surface area contributed by atoms with Crippen molar-refractivity contribution in [3.8, 4) is 11.5 Å². The predicted molar refractivity (Wildman–Crippen MR) is 109 cm³/mol. The van der Waals surface area contributed by atoms with E-state index in [4.69, 9.17) is 9.47 Å². The van der Waals surface area contributed by atoms with Crippen LogP contribution < -0.4 is 20.1 Å². The lowest BCUT2D eigenvalue weighted by atomic mass is 10.0. The molecule has 0 saturated heterocycles. The van der Waals surface area contributed by atoms with Crippen molar-refractivity contribution < 1.29 is 19.1 Å². The van der Waals surface area contributed by atoms with Crippen LogP contribution in [-0.4, -0.2) is 26.0 Å². The van der Waals surface area contributed by atoms with Crippen LogP contribution in [0.15, 0.2) is 54.6 Å². The number of carbonyl (C=O) groups is 2. The van der Waals surface area contributed by atoms with Gasteiger partial charge in [0.15, 0.2) is 0 Å². The summed E-state index contributed by atoms with van der Waals surface area (Å²) in [5.41, 5.74) is 1.50. The molecule has 146 valence electrons. The summed E-state index contributed by atoms with van der Waals surface area (Å²) in [4.78, 5) is 24.8. The highest BCUT2D eigenvalue weighted by Gasteiger charge is 2.18. The van der Waals surface area contributed by atoms with Crippen molar-refractivity contribution in [1.29, 1.82) is 0 Å². The minimum absolute atomic E-state index is 0.0852. The maximum Gasteiger partial charge on any atom is 0.255 e. The molecule has 28 heavy (non-hydrogen) atoms. The maximum atomic E-state index is 12.5. The van der Waals surface area contributed by atoms with Crippen LogP contribution in [-0.2, 0) is 4.79 Å². The lowest BCUT2D eigenvalue weighted by molar-refractivity contribution is -0.116. The van der Waals surface area contributed by atoms with E-state index in [-0.39, 0.29) is 17.7 Å². The normalized spacial score (nSPS) is 15.1. The van der Waals surface area contributed by atoms with Gasteiger partial charge >= 0.3 is 0 Å². The molecular formula is C22H24N2O4. The number of rotatable bonds is 7. The Morgan fingerprint density at radius 3 is 2.21 bits per heavy atom. The summed E-state index contributed by atoms with van der Waals surface area (Å²) >= 11 is 0. The van der Waals surface area contributed by atoms with E-state index in [0.29, 0.717) is 34.9 Å². The third-order valence-corrected chi connectivity index (χ3v) is 4.64. The number of hydrogen-bond acceptors (Lipinski definition) is 4. The highest BCUT2D eigenvalue weighted by Crippen LogP contribution is 2.37. The summed E-state index contributed by atoms with van der Waals surface area (Å²) in [6.07, 6.45) is 6.63. The fourth-order valence-electron chi connectivity index (χ4n) is 3.18. The first-order valence-corrected chi connectivity index (χ1v) is 9.19. The van der Waals surface area contributed by atoms with Gasteiger partial charge in [-0.15, -0.1) is 0 Å². The molecule has 0 aliphatic heterocycles. The molecule has 0 bridgehead atoms. The van der Waals surface area contributed by atoms with Crippen LogP contribution in [0.5, 0.6) is 11.5 Å². The third-order valence-electron chi connectivity index (χ3n) is 4.64.